The van der Waals surface area contributed by atoms with Gasteiger partial charge in [-0.2, -0.15) is 14.0 Å². The zero-order valence-corrected chi connectivity index (χ0v) is 8.38. The minimum Gasteiger partial charge on any atom is -0.431 e. The molecule has 1 rings (SSSR count). The van der Waals surface area contributed by atoms with Crippen LogP contribution >= 0.6 is 15.9 Å². The van der Waals surface area contributed by atoms with Crippen LogP contribution < -0.4 is 10.5 Å². The number of benzene rings is 1. The van der Waals surface area contributed by atoms with Crippen molar-refractivity contribution in [1.82, 2.24) is 0 Å². The van der Waals surface area contributed by atoms with E-state index in [4.69, 9.17) is 11.0 Å². The van der Waals surface area contributed by atoms with E-state index in [-0.39, 0.29) is 21.5 Å². The maximum Gasteiger partial charge on any atom is 0.387 e. The lowest BCUT2D eigenvalue weighted by Crippen LogP contribution is -2.05. The Morgan fingerprint density at radius 2 is 2.14 bits per heavy atom. The van der Waals surface area contributed by atoms with Crippen LogP contribution in [0.4, 0.5) is 14.5 Å². The smallest absolute Gasteiger partial charge is 0.387 e. The minimum absolute atomic E-state index is 0.00350. The van der Waals surface area contributed by atoms with Crippen molar-refractivity contribution in [3.05, 3.63) is 22.2 Å². The Balaban J connectivity index is 3.13. The van der Waals surface area contributed by atoms with Crippen LogP contribution in [0, 0.1) is 11.3 Å². The summed E-state index contributed by atoms with van der Waals surface area (Å²) in [5.41, 5.74) is 5.68. The molecule has 0 saturated carbocycles. The molecule has 0 aliphatic carbocycles. The molecule has 6 heteroatoms. The number of hydrogen-bond donors (Lipinski definition) is 1. The predicted octanol–water partition coefficient (Wildman–Crippen LogP) is 2.50. The number of rotatable bonds is 2. The van der Waals surface area contributed by atoms with Gasteiger partial charge in [0.25, 0.3) is 0 Å². The Kier molecular flexibility index (Phi) is 3.25. The second-order valence-corrected chi connectivity index (χ2v) is 3.22. The molecule has 0 spiro atoms. The van der Waals surface area contributed by atoms with Gasteiger partial charge in [-0.15, -0.1) is 0 Å². The maximum atomic E-state index is 11.9. The Labute approximate surface area is 87.2 Å². The molecular weight excluding hydrogens is 258 g/mol. The summed E-state index contributed by atoms with van der Waals surface area (Å²) in [7, 11) is 0. The van der Waals surface area contributed by atoms with Crippen molar-refractivity contribution in [2.45, 2.75) is 6.61 Å². The lowest BCUT2D eigenvalue weighted by molar-refractivity contribution is -0.0498. The molecule has 74 valence electrons. The monoisotopic (exact) mass is 262 g/mol. The van der Waals surface area contributed by atoms with Gasteiger partial charge in [-0.3, -0.25) is 0 Å². The summed E-state index contributed by atoms with van der Waals surface area (Å²) in [6.07, 6.45) is 0. The van der Waals surface area contributed by atoms with Crippen molar-refractivity contribution in [2.24, 2.45) is 0 Å². The molecule has 3 nitrogen and oxygen atoms in total. The van der Waals surface area contributed by atoms with Crippen LogP contribution in [0.3, 0.4) is 0 Å². The summed E-state index contributed by atoms with van der Waals surface area (Å²) in [6.45, 7) is -2.94. The van der Waals surface area contributed by atoms with Gasteiger partial charge in [-0.1, -0.05) is 0 Å². The lowest BCUT2D eigenvalue weighted by atomic mass is 10.2. The number of nitrogens with two attached hydrogens (primary N) is 1. The molecule has 0 atom stereocenters. The van der Waals surface area contributed by atoms with Crippen molar-refractivity contribution >= 4 is 21.6 Å². The predicted molar refractivity (Wildman–Crippen MR) is 49.9 cm³/mol. The van der Waals surface area contributed by atoms with Gasteiger partial charge in [-0.25, -0.2) is 0 Å². The number of nitrogens with zero attached hydrogens (tertiary/aromatic N) is 1. The standard InChI is InChI=1S/C8H5BrF2N2O/c9-5-1-4(3-12)2-6(13)7(5)14-8(10)11/h1-2,8H,13H2. The number of alkyl halides is 2. The van der Waals surface area contributed by atoms with Crippen molar-refractivity contribution in [2.75, 3.05) is 5.73 Å². The second kappa shape index (κ2) is 4.24. The van der Waals surface area contributed by atoms with E-state index in [1.54, 1.807) is 0 Å². The van der Waals surface area contributed by atoms with Crippen molar-refractivity contribution in [1.29, 1.82) is 5.26 Å². The fourth-order valence-corrected chi connectivity index (χ4v) is 1.46. The first-order valence-electron chi connectivity index (χ1n) is 3.48. The highest BCUT2D eigenvalue weighted by atomic mass is 79.9. The molecule has 0 aromatic heterocycles. The van der Waals surface area contributed by atoms with Crippen LogP contribution in [0.2, 0.25) is 0 Å². The second-order valence-electron chi connectivity index (χ2n) is 2.37. The van der Waals surface area contributed by atoms with Gasteiger partial charge in [0.2, 0.25) is 0 Å². The molecule has 0 amide bonds. The van der Waals surface area contributed by atoms with Crippen molar-refractivity contribution in [3.63, 3.8) is 0 Å². The minimum atomic E-state index is -2.94. The topological polar surface area (TPSA) is 59.0 Å². The Hall–Kier alpha value is -1.35. The van der Waals surface area contributed by atoms with E-state index >= 15 is 0 Å². The van der Waals surface area contributed by atoms with E-state index in [9.17, 15) is 8.78 Å². The first-order valence-corrected chi connectivity index (χ1v) is 4.28. The highest BCUT2D eigenvalue weighted by Crippen LogP contribution is 2.33. The normalized spacial score (nSPS) is 9.93. The van der Waals surface area contributed by atoms with E-state index in [2.05, 4.69) is 20.7 Å². The van der Waals surface area contributed by atoms with Crippen LogP contribution in [-0.2, 0) is 0 Å². The van der Waals surface area contributed by atoms with Gasteiger partial charge < -0.3 is 10.5 Å². The van der Waals surface area contributed by atoms with Crippen LogP contribution in [0.5, 0.6) is 5.75 Å². The third kappa shape index (κ3) is 2.33. The van der Waals surface area contributed by atoms with Crippen molar-refractivity contribution in [3.8, 4) is 11.8 Å². The largest absolute Gasteiger partial charge is 0.431 e. The van der Waals surface area contributed by atoms with Crippen molar-refractivity contribution < 1.29 is 13.5 Å². The van der Waals surface area contributed by atoms with E-state index in [1.807, 2.05) is 6.07 Å². The number of ether oxygens (including phenoxy) is 1. The average Bonchev–Trinajstić information content (AvgIpc) is 2.10. The summed E-state index contributed by atoms with van der Waals surface area (Å²) < 4.78 is 28.2. The molecule has 0 fully saturated rings. The first kappa shape index (κ1) is 10.7. The molecule has 14 heavy (non-hydrogen) atoms. The molecule has 0 unspecified atom stereocenters. The number of nitriles is 1. The molecule has 0 aliphatic heterocycles. The fraction of sp³-hybridized carbons (Fsp3) is 0.125. The van der Waals surface area contributed by atoms with Gasteiger partial charge in [-0.05, 0) is 28.1 Å². The Morgan fingerprint density at radius 1 is 1.50 bits per heavy atom. The Bertz CT molecular complexity index is 366. The summed E-state index contributed by atoms with van der Waals surface area (Å²) in [6, 6.07) is 4.46. The molecule has 0 radical (unpaired) electrons. The van der Waals surface area contributed by atoms with E-state index in [1.165, 1.54) is 12.1 Å². The quantitative estimate of drug-likeness (QED) is 0.834. The van der Waals surface area contributed by atoms with E-state index < -0.39 is 6.61 Å². The number of hydrogen-bond acceptors (Lipinski definition) is 3. The fourth-order valence-electron chi connectivity index (χ4n) is 0.893. The molecule has 0 heterocycles. The van der Waals surface area contributed by atoms with Gasteiger partial charge in [0.05, 0.1) is 21.8 Å². The molecular formula is C8H5BrF2N2O. The summed E-state index contributed by atoms with van der Waals surface area (Å²) in [5, 5.41) is 8.54. The number of anilines is 1. The van der Waals surface area contributed by atoms with E-state index in [0.29, 0.717) is 0 Å². The first-order chi connectivity index (χ1) is 6.54. The van der Waals surface area contributed by atoms with Gasteiger partial charge >= 0.3 is 6.61 Å². The SMILES string of the molecule is N#Cc1cc(N)c(OC(F)F)c(Br)c1. The zero-order chi connectivity index (χ0) is 10.7. The molecule has 1 aromatic carbocycles. The van der Waals surface area contributed by atoms with Gasteiger partial charge in [0, 0.05) is 0 Å². The van der Waals surface area contributed by atoms with Crippen LogP contribution in [0.25, 0.3) is 0 Å². The van der Waals surface area contributed by atoms with Gasteiger partial charge in [0.15, 0.2) is 5.75 Å². The molecule has 0 saturated heterocycles. The summed E-state index contributed by atoms with van der Waals surface area (Å²) in [4.78, 5) is 0. The molecule has 1 aromatic rings. The Morgan fingerprint density at radius 3 is 2.57 bits per heavy atom. The summed E-state index contributed by atoms with van der Waals surface area (Å²) >= 11 is 2.98. The average molecular weight is 263 g/mol. The zero-order valence-electron chi connectivity index (χ0n) is 6.80. The van der Waals surface area contributed by atoms with Crippen LogP contribution in [-0.4, -0.2) is 6.61 Å². The summed E-state index contributed by atoms with van der Waals surface area (Å²) in [5.74, 6) is -0.154. The highest BCUT2D eigenvalue weighted by Gasteiger charge is 2.12. The van der Waals surface area contributed by atoms with Crippen LogP contribution in [0.15, 0.2) is 16.6 Å². The lowest BCUT2D eigenvalue weighted by Gasteiger charge is -2.09. The van der Waals surface area contributed by atoms with E-state index in [0.717, 1.165) is 0 Å². The van der Waals surface area contributed by atoms with Gasteiger partial charge in [0.1, 0.15) is 0 Å². The molecule has 0 aliphatic rings. The number of nitrogen functional groups attached to an aromatic ring is 1. The molecule has 2 N–H and O–H groups in total. The third-order valence-electron chi connectivity index (χ3n) is 1.41. The third-order valence-corrected chi connectivity index (χ3v) is 2.00. The molecule has 0 bridgehead atoms. The van der Waals surface area contributed by atoms with Crippen LogP contribution in [0.1, 0.15) is 5.56 Å². The maximum absolute atomic E-state index is 11.9. The number of halogens is 3. The highest BCUT2D eigenvalue weighted by molar-refractivity contribution is 9.10.